The number of aromatic nitrogens is 3. The van der Waals surface area contributed by atoms with Crippen LogP contribution in [-0.4, -0.2) is 71.6 Å². The van der Waals surface area contributed by atoms with Crippen LogP contribution < -0.4 is 9.64 Å². The van der Waals surface area contributed by atoms with Gasteiger partial charge < -0.3 is 23.8 Å². The minimum Gasteiger partial charge on any atom is -0.492 e. The molecule has 8 nitrogen and oxygen atoms in total. The fourth-order valence-corrected chi connectivity index (χ4v) is 4.65. The largest absolute Gasteiger partial charge is 0.492 e. The zero-order chi connectivity index (χ0) is 23.7. The van der Waals surface area contributed by atoms with Gasteiger partial charge in [0, 0.05) is 37.4 Å². The lowest BCUT2D eigenvalue weighted by atomic mass is 10.1. The van der Waals surface area contributed by atoms with Gasteiger partial charge in [0.05, 0.1) is 36.2 Å². The van der Waals surface area contributed by atoms with Crippen LogP contribution in [0.15, 0.2) is 55.0 Å². The standard InChI is InChI=1S/C26H30N6O2/c1-19-14-31(25-7-5-22(13-27)32-26(25)8-9-28-32)18-24(34-19)17-30-15-20-4-6-23(12-21(20)16-30)33-11-10-29(2)3/h4-9,12,15-16,19,24H,10-11,14,17-18H2,1-3H3/t19-,24+/m1/s1. The molecular weight excluding hydrogens is 428 g/mol. The van der Waals surface area contributed by atoms with E-state index in [1.165, 1.54) is 5.39 Å². The van der Waals surface area contributed by atoms with Crippen LogP contribution in [0.25, 0.3) is 16.3 Å². The second-order valence-corrected chi connectivity index (χ2v) is 9.22. The van der Waals surface area contributed by atoms with Crippen molar-refractivity contribution >= 4 is 22.0 Å². The molecule has 1 aliphatic heterocycles. The number of rotatable bonds is 7. The Labute approximate surface area is 199 Å². The van der Waals surface area contributed by atoms with E-state index in [1.54, 1.807) is 10.7 Å². The molecule has 4 heterocycles. The van der Waals surface area contributed by atoms with Crippen molar-refractivity contribution in [2.45, 2.75) is 25.7 Å². The maximum Gasteiger partial charge on any atom is 0.142 e. The van der Waals surface area contributed by atoms with Crippen molar-refractivity contribution in [1.29, 1.82) is 5.26 Å². The highest BCUT2D eigenvalue weighted by Crippen LogP contribution is 2.27. The number of hydrogen-bond donors (Lipinski definition) is 0. The van der Waals surface area contributed by atoms with E-state index in [2.05, 4.69) is 57.0 Å². The van der Waals surface area contributed by atoms with Gasteiger partial charge >= 0.3 is 0 Å². The summed E-state index contributed by atoms with van der Waals surface area (Å²) in [5.74, 6) is 0.895. The van der Waals surface area contributed by atoms with Crippen LogP contribution in [0.5, 0.6) is 5.75 Å². The molecule has 1 aromatic carbocycles. The van der Waals surface area contributed by atoms with Gasteiger partial charge in [-0.1, -0.05) is 0 Å². The van der Waals surface area contributed by atoms with E-state index in [9.17, 15) is 5.26 Å². The van der Waals surface area contributed by atoms with E-state index in [-0.39, 0.29) is 12.2 Å². The first-order chi connectivity index (χ1) is 16.5. The number of hydrogen-bond acceptors (Lipinski definition) is 6. The number of ether oxygens (including phenoxy) is 2. The van der Waals surface area contributed by atoms with Gasteiger partial charge in [-0.3, -0.25) is 0 Å². The molecule has 5 rings (SSSR count). The SMILES string of the molecule is C[C@@H]1CN(c2ccc(C#N)n3nccc23)C[C@H](Cn2cc3ccc(OCCN(C)C)cc3c2)O1. The summed E-state index contributed by atoms with van der Waals surface area (Å²) in [6, 6.07) is 14.3. The predicted molar refractivity (Wildman–Crippen MR) is 132 cm³/mol. The molecule has 8 heteroatoms. The van der Waals surface area contributed by atoms with E-state index in [0.717, 1.165) is 48.5 Å². The van der Waals surface area contributed by atoms with Crippen molar-refractivity contribution in [2.75, 3.05) is 45.2 Å². The Kier molecular flexibility index (Phi) is 6.14. The molecular formula is C26H30N6O2. The highest BCUT2D eigenvalue weighted by Gasteiger charge is 2.27. The molecule has 4 aromatic rings. The van der Waals surface area contributed by atoms with E-state index in [0.29, 0.717) is 12.3 Å². The maximum absolute atomic E-state index is 9.39. The third kappa shape index (κ3) is 4.58. The fourth-order valence-electron chi connectivity index (χ4n) is 4.65. The fraction of sp³-hybridized carbons (Fsp3) is 0.385. The van der Waals surface area contributed by atoms with E-state index in [4.69, 9.17) is 9.47 Å². The summed E-state index contributed by atoms with van der Waals surface area (Å²) < 4.78 is 16.1. The van der Waals surface area contributed by atoms with Crippen molar-refractivity contribution in [3.63, 3.8) is 0 Å². The third-order valence-electron chi connectivity index (χ3n) is 6.20. The van der Waals surface area contributed by atoms with Gasteiger partial charge in [0.15, 0.2) is 0 Å². The zero-order valence-corrected chi connectivity index (χ0v) is 19.9. The molecule has 0 N–H and O–H groups in total. The lowest BCUT2D eigenvalue weighted by Crippen LogP contribution is -2.48. The molecule has 0 saturated carbocycles. The average molecular weight is 459 g/mol. The molecule has 0 bridgehead atoms. The molecule has 0 amide bonds. The molecule has 34 heavy (non-hydrogen) atoms. The molecule has 176 valence electrons. The molecule has 1 aliphatic rings. The zero-order valence-electron chi connectivity index (χ0n) is 19.9. The van der Waals surface area contributed by atoms with Gasteiger partial charge in [-0.15, -0.1) is 0 Å². The third-order valence-corrected chi connectivity index (χ3v) is 6.20. The maximum atomic E-state index is 9.39. The normalized spacial score (nSPS) is 18.6. The van der Waals surface area contributed by atoms with E-state index >= 15 is 0 Å². The van der Waals surface area contributed by atoms with Crippen molar-refractivity contribution in [2.24, 2.45) is 0 Å². The number of anilines is 1. The number of nitrogens with zero attached hydrogens (tertiary/aromatic N) is 6. The summed E-state index contributed by atoms with van der Waals surface area (Å²) >= 11 is 0. The molecule has 1 fully saturated rings. The number of likely N-dealkylation sites (N-methyl/N-ethyl adjacent to an activating group) is 1. The second kappa shape index (κ2) is 9.37. The Balaban J connectivity index is 1.32. The summed E-state index contributed by atoms with van der Waals surface area (Å²) in [4.78, 5) is 4.45. The molecule has 0 spiro atoms. The van der Waals surface area contributed by atoms with Crippen LogP contribution >= 0.6 is 0 Å². The summed E-state index contributed by atoms with van der Waals surface area (Å²) in [6.07, 6.45) is 6.21. The number of fused-ring (bicyclic) bond motifs is 2. The lowest BCUT2D eigenvalue weighted by molar-refractivity contribution is -0.0238. The smallest absolute Gasteiger partial charge is 0.142 e. The van der Waals surface area contributed by atoms with Crippen molar-refractivity contribution in [1.82, 2.24) is 19.1 Å². The Morgan fingerprint density at radius 1 is 1.15 bits per heavy atom. The van der Waals surface area contributed by atoms with Crippen molar-refractivity contribution in [3.05, 3.63) is 60.7 Å². The molecule has 0 radical (unpaired) electrons. The minimum atomic E-state index is 0.0417. The quantitative estimate of drug-likeness (QED) is 0.423. The van der Waals surface area contributed by atoms with Gasteiger partial charge in [0.1, 0.15) is 24.1 Å². The molecule has 3 aromatic heterocycles. The highest BCUT2D eigenvalue weighted by atomic mass is 16.5. The van der Waals surface area contributed by atoms with Crippen LogP contribution in [0.3, 0.4) is 0 Å². The topological polar surface area (TPSA) is 71.0 Å². The first-order valence-corrected chi connectivity index (χ1v) is 11.6. The van der Waals surface area contributed by atoms with Crippen LogP contribution in [0.4, 0.5) is 5.69 Å². The van der Waals surface area contributed by atoms with Crippen LogP contribution in [0.2, 0.25) is 0 Å². The van der Waals surface area contributed by atoms with E-state index in [1.807, 2.05) is 38.4 Å². The summed E-state index contributed by atoms with van der Waals surface area (Å²) in [5, 5.41) is 16.1. The van der Waals surface area contributed by atoms with Gasteiger partial charge in [0.2, 0.25) is 0 Å². The Bertz CT molecular complexity index is 1330. The van der Waals surface area contributed by atoms with Crippen LogP contribution in [0.1, 0.15) is 12.6 Å². The first-order valence-electron chi connectivity index (χ1n) is 11.6. The van der Waals surface area contributed by atoms with Crippen molar-refractivity contribution < 1.29 is 9.47 Å². The second-order valence-electron chi connectivity index (χ2n) is 9.22. The van der Waals surface area contributed by atoms with Crippen LogP contribution in [-0.2, 0) is 11.3 Å². The Morgan fingerprint density at radius 3 is 2.82 bits per heavy atom. The Hall–Kier alpha value is -3.54. The number of morpholine rings is 1. The van der Waals surface area contributed by atoms with Gasteiger partial charge in [-0.05, 0) is 62.8 Å². The van der Waals surface area contributed by atoms with Gasteiger partial charge in [-0.2, -0.15) is 10.4 Å². The van der Waals surface area contributed by atoms with Crippen LogP contribution in [0, 0.1) is 11.3 Å². The van der Waals surface area contributed by atoms with Crippen molar-refractivity contribution in [3.8, 4) is 11.8 Å². The lowest BCUT2D eigenvalue weighted by Gasteiger charge is -2.38. The summed E-state index contributed by atoms with van der Waals surface area (Å²) in [6.45, 7) is 5.99. The molecule has 2 atom stereocenters. The monoisotopic (exact) mass is 458 g/mol. The molecule has 1 saturated heterocycles. The highest BCUT2D eigenvalue weighted by molar-refractivity contribution is 5.83. The summed E-state index contributed by atoms with van der Waals surface area (Å²) in [5.41, 5.74) is 2.56. The van der Waals surface area contributed by atoms with Gasteiger partial charge in [-0.25, -0.2) is 4.52 Å². The van der Waals surface area contributed by atoms with Gasteiger partial charge in [0.25, 0.3) is 0 Å². The molecule has 0 unspecified atom stereocenters. The first kappa shape index (κ1) is 22.3. The average Bonchev–Trinajstić information content (AvgIpc) is 3.44. The number of benzene rings is 1. The predicted octanol–water partition coefficient (Wildman–Crippen LogP) is 3.39. The van der Waals surface area contributed by atoms with E-state index < -0.39 is 0 Å². The summed E-state index contributed by atoms with van der Waals surface area (Å²) in [7, 11) is 4.09. The number of nitriles is 1. The minimum absolute atomic E-state index is 0.0417. The molecule has 0 aliphatic carbocycles. The number of pyridine rings is 1. The Morgan fingerprint density at radius 2 is 2.00 bits per heavy atom.